The molecule has 1 aliphatic heterocycles. The molecule has 1 fully saturated rings. The van der Waals surface area contributed by atoms with Crippen LogP contribution in [0, 0.1) is 0 Å². The Morgan fingerprint density at radius 1 is 1.18 bits per heavy atom. The molecule has 2 N–H and O–H groups in total. The van der Waals surface area contributed by atoms with Crippen LogP contribution in [0.1, 0.15) is 32.3 Å². The minimum atomic E-state index is -0.0653. The van der Waals surface area contributed by atoms with Gasteiger partial charge in [-0.1, -0.05) is 36.4 Å². The molecule has 0 bridgehead atoms. The monoisotopic (exact) mass is 381 g/mol. The molecule has 2 amide bonds. The average Bonchev–Trinajstić information content (AvgIpc) is 2.68. The average molecular weight is 382 g/mol. The molecule has 0 aromatic heterocycles. The van der Waals surface area contributed by atoms with Crippen LogP contribution in [-0.2, 0) is 6.54 Å². The molecule has 2 aromatic carbocycles. The first-order chi connectivity index (χ1) is 13.5. The van der Waals surface area contributed by atoms with Crippen molar-refractivity contribution in [3.8, 4) is 16.9 Å². The SMILES string of the molecule is COc1cccc(-c2ccc(CN3CCCC(NC(=O)NC(C)C)C3)cc2)c1. The number of carbonyl (C=O) groups excluding carboxylic acids is 1. The minimum Gasteiger partial charge on any atom is -0.497 e. The molecule has 1 unspecified atom stereocenters. The first-order valence-electron chi connectivity index (χ1n) is 10.1. The largest absolute Gasteiger partial charge is 0.497 e. The maximum Gasteiger partial charge on any atom is 0.315 e. The molecule has 1 saturated heterocycles. The normalized spacial score (nSPS) is 17.4. The van der Waals surface area contributed by atoms with Crippen LogP contribution in [0.4, 0.5) is 4.79 Å². The van der Waals surface area contributed by atoms with Gasteiger partial charge in [0.15, 0.2) is 0 Å². The fourth-order valence-electron chi connectivity index (χ4n) is 3.67. The number of hydrogen-bond acceptors (Lipinski definition) is 3. The van der Waals surface area contributed by atoms with Crippen LogP contribution in [0.3, 0.4) is 0 Å². The second-order valence-corrected chi connectivity index (χ2v) is 7.78. The number of nitrogens with one attached hydrogen (secondary N) is 2. The van der Waals surface area contributed by atoms with Gasteiger partial charge in [-0.2, -0.15) is 0 Å². The zero-order valence-electron chi connectivity index (χ0n) is 17.1. The van der Waals surface area contributed by atoms with Gasteiger partial charge < -0.3 is 15.4 Å². The van der Waals surface area contributed by atoms with Crippen LogP contribution in [-0.4, -0.2) is 43.2 Å². The van der Waals surface area contributed by atoms with Crippen molar-refractivity contribution in [2.75, 3.05) is 20.2 Å². The van der Waals surface area contributed by atoms with E-state index in [0.29, 0.717) is 0 Å². The number of urea groups is 1. The zero-order valence-corrected chi connectivity index (χ0v) is 17.1. The van der Waals surface area contributed by atoms with Gasteiger partial charge in [-0.05, 0) is 62.1 Å². The van der Waals surface area contributed by atoms with Gasteiger partial charge in [0.05, 0.1) is 7.11 Å². The molecule has 1 heterocycles. The second-order valence-electron chi connectivity index (χ2n) is 7.78. The van der Waals surface area contributed by atoms with E-state index in [0.717, 1.165) is 43.8 Å². The first kappa shape index (κ1) is 20.2. The molecule has 0 saturated carbocycles. The van der Waals surface area contributed by atoms with Gasteiger partial charge in [-0.15, -0.1) is 0 Å². The van der Waals surface area contributed by atoms with Crippen LogP contribution in [0.2, 0.25) is 0 Å². The fourth-order valence-corrected chi connectivity index (χ4v) is 3.67. The van der Waals surface area contributed by atoms with Crippen LogP contribution in [0.15, 0.2) is 48.5 Å². The van der Waals surface area contributed by atoms with Crippen LogP contribution < -0.4 is 15.4 Å². The summed E-state index contributed by atoms with van der Waals surface area (Å²) in [6.07, 6.45) is 2.14. The number of methoxy groups -OCH3 is 1. The second kappa shape index (κ2) is 9.60. The third-order valence-corrected chi connectivity index (χ3v) is 5.02. The minimum absolute atomic E-state index is 0.0653. The maximum absolute atomic E-state index is 12.0. The Morgan fingerprint density at radius 3 is 2.68 bits per heavy atom. The maximum atomic E-state index is 12.0. The Balaban J connectivity index is 1.56. The molecule has 0 radical (unpaired) electrons. The highest BCUT2D eigenvalue weighted by molar-refractivity contribution is 5.74. The Morgan fingerprint density at radius 2 is 1.96 bits per heavy atom. The summed E-state index contributed by atoms with van der Waals surface area (Å²) in [5.74, 6) is 0.870. The van der Waals surface area contributed by atoms with Crippen LogP contribution >= 0.6 is 0 Å². The third-order valence-electron chi connectivity index (χ3n) is 5.02. The summed E-state index contributed by atoms with van der Waals surface area (Å²) in [6, 6.07) is 17.1. The summed E-state index contributed by atoms with van der Waals surface area (Å²) in [5, 5.41) is 6.01. The van der Waals surface area contributed by atoms with Crippen molar-refractivity contribution in [2.45, 2.75) is 45.3 Å². The van der Waals surface area contributed by atoms with Gasteiger partial charge in [0, 0.05) is 25.2 Å². The van der Waals surface area contributed by atoms with E-state index >= 15 is 0 Å². The summed E-state index contributed by atoms with van der Waals surface area (Å²) in [6.45, 7) is 6.82. The van der Waals surface area contributed by atoms with Gasteiger partial charge in [0.2, 0.25) is 0 Å². The topological polar surface area (TPSA) is 53.6 Å². The molecule has 150 valence electrons. The molecule has 28 heavy (non-hydrogen) atoms. The molecule has 0 spiro atoms. The smallest absolute Gasteiger partial charge is 0.315 e. The van der Waals surface area contributed by atoms with Crippen molar-refractivity contribution in [3.63, 3.8) is 0 Å². The predicted molar refractivity (Wildman–Crippen MR) is 114 cm³/mol. The van der Waals surface area contributed by atoms with Crippen LogP contribution in [0.25, 0.3) is 11.1 Å². The number of piperidine rings is 1. The van der Waals surface area contributed by atoms with E-state index in [1.54, 1.807) is 7.11 Å². The van der Waals surface area contributed by atoms with E-state index < -0.39 is 0 Å². The summed E-state index contributed by atoms with van der Waals surface area (Å²) in [5.41, 5.74) is 3.63. The summed E-state index contributed by atoms with van der Waals surface area (Å²) >= 11 is 0. The van der Waals surface area contributed by atoms with Gasteiger partial charge >= 0.3 is 6.03 Å². The van der Waals surface area contributed by atoms with Gasteiger partial charge in [0.1, 0.15) is 5.75 Å². The number of ether oxygens (including phenoxy) is 1. The van der Waals surface area contributed by atoms with Crippen molar-refractivity contribution in [1.29, 1.82) is 0 Å². The first-order valence-corrected chi connectivity index (χ1v) is 10.1. The Labute approximate surface area is 168 Å². The molecular weight excluding hydrogens is 350 g/mol. The highest BCUT2D eigenvalue weighted by Gasteiger charge is 2.21. The van der Waals surface area contributed by atoms with Crippen LogP contribution in [0.5, 0.6) is 5.75 Å². The number of carbonyl (C=O) groups is 1. The predicted octanol–water partition coefficient (Wildman–Crippen LogP) is 4.03. The number of amides is 2. The lowest BCUT2D eigenvalue weighted by molar-refractivity contribution is 0.179. The lowest BCUT2D eigenvalue weighted by Crippen LogP contribution is -2.51. The van der Waals surface area contributed by atoms with Gasteiger partial charge in [-0.3, -0.25) is 4.90 Å². The molecule has 1 atom stereocenters. The molecule has 5 heteroatoms. The van der Waals surface area contributed by atoms with E-state index in [4.69, 9.17) is 4.74 Å². The zero-order chi connectivity index (χ0) is 19.9. The summed E-state index contributed by atoms with van der Waals surface area (Å²) < 4.78 is 5.32. The van der Waals surface area contributed by atoms with Crippen molar-refractivity contribution in [2.24, 2.45) is 0 Å². The van der Waals surface area contributed by atoms with E-state index in [1.807, 2.05) is 26.0 Å². The number of benzene rings is 2. The molecule has 5 nitrogen and oxygen atoms in total. The highest BCUT2D eigenvalue weighted by Crippen LogP contribution is 2.24. The van der Waals surface area contributed by atoms with Gasteiger partial charge in [0.25, 0.3) is 0 Å². The van der Waals surface area contributed by atoms with Gasteiger partial charge in [-0.25, -0.2) is 4.79 Å². The Kier molecular flexibility index (Phi) is 6.93. The Hall–Kier alpha value is -2.53. The summed E-state index contributed by atoms with van der Waals surface area (Å²) in [4.78, 5) is 14.4. The Bertz CT molecular complexity index is 774. The molecule has 0 aliphatic carbocycles. The number of nitrogens with zero attached hydrogens (tertiary/aromatic N) is 1. The lowest BCUT2D eigenvalue weighted by Gasteiger charge is -2.33. The number of likely N-dealkylation sites (tertiary alicyclic amines) is 1. The van der Waals surface area contributed by atoms with E-state index in [-0.39, 0.29) is 18.1 Å². The standard InChI is InChI=1S/C23H31N3O2/c1-17(2)24-23(27)25-21-7-5-13-26(16-21)15-18-9-11-19(12-10-18)20-6-4-8-22(14-20)28-3/h4,6,8-12,14,17,21H,5,7,13,15-16H2,1-3H3,(H2,24,25,27). The van der Waals surface area contributed by atoms with Crippen molar-refractivity contribution < 1.29 is 9.53 Å². The third kappa shape index (κ3) is 5.73. The van der Waals surface area contributed by atoms with Crippen molar-refractivity contribution in [3.05, 3.63) is 54.1 Å². The molecule has 2 aromatic rings. The lowest BCUT2D eigenvalue weighted by atomic mass is 10.0. The molecule has 3 rings (SSSR count). The molecular formula is C23H31N3O2. The number of hydrogen-bond donors (Lipinski definition) is 2. The quantitative estimate of drug-likeness (QED) is 0.794. The molecule has 1 aliphatic rings. The van der Waals surface area contributed by atoms with E-state index in [9.17, 15) is 4.79 Å². The number of rotatable bonds is 6. The highest BCUT2D eigenvalue weighted by atomic mass is 16.5. The van der Waals surface area contributed by atoms with Crippen molar-refractivity contribution >= 4 is 6.03 Å². The summed E-state index contributed by atoms with van der Waals surface area (Å²) in [7, 11) is 1.69. The van der Waals surface area contributed by atoms with E-state index in [2.05, 4.69) is 51.9 Å². The fraction of sp³-hybridized carbons (Fsp3) is 0.435. The van der Waals surface area contributed by atoms with E-state index in [1.165, 1.54) is 11.1 Å². The van der Waals surface area contributed by atoms with Crippen molar-refractivity contribution in [1.82, 2.24) is 15.5 Å².